The third-order valence-electron chi connectivity index (χ3n) is 2.60. The van der Waals surface area contributed by atoms with Gasteiger partial charge in [0.25, 0.3) is 0 Å². The van der Waals surface area contributed by atoms with Crippen LogP contribution in [0.25, 0.3) is 0 Å². The molecule has 96 valence electrons. The molecule has 0 aliphatic heterocycles. The van der Waals surface area contributed by atoms with Crippen LogP contribution >= 0.6 is 15.9 Å². The maximum Gasteiger partial charge on any atom is 0.133 e. The van der Waals surface area contributed by atoms with Gasteiger partial charge >= 0.3 is 0 Å². The summed E-state index contributed by atoms with van der Waals surface area (Å²) in [4.78, 5) is 0. The molecule has 17 heavy (non-hydrogen) atoms. The van der Waals surface area contributed by atoms with Crippen molar-refractivity contribution >= 4 is 15.9 Å². The quantitative estimate of drug-likeness (QED) is 0.817. The smallest absolute Gasteiger partial charge is 0.133 e. The molecule has 0 aliphatic carbocycles. The van der Waals surface area contributed by atoms with Gasteiger partial charge in [0.2, 0.25) is 0 Å². The first kappa shape index (κ1) is 14.5. The van der Waals surface area contributed by atoms with Crippen molar-refractivity contribution in [3.63, 3.8) is 0 Å². The van der Waals surface area contributed by atoms with Crippen molar-refractivity contribution in [2.45, 2.75) is 46.3 Å². The molecule has 0 heterocycles. The lowest BCUT2D eigenvalue weighted by Crippen LogP contribution is -2.13. The summed E-state index contributed by atoms with van der Waals surface area (Å²) in [5, 5.41) is 3.31. The van der Waals surface area contributed by atoms with Crippen LogP contribution in [0.15, 0.2) is 22.7 Å². The predicted molar refractivity (Wildman–Crippen MR) is 76.5 cm³/mol. The Kier molecular flexibility index (Phi) is 6.60. The average molecular weight is 300 g/mol. The Morgan fingerprint density at radius 3 is 2.71 bits per heavy atom. The first-order valence-electron chi connectivity index (χ1n) is 6.33. The number of halogens is 1. The highest BCUT2D eigenvalue weighted by Crippen LogP contribution is 2.27. The third kappa shape index (κ3) is 5.09. The van der Waals surface area contributed by atoms with Crippen molar-refractivity contribution in [2.75, 3.05) is 6.54 Å². The first-order valence-corrected chi connectivity index (χ1v) is 7.12. The zero-order valence-corrected chi connectivity index (χ0v) is 12.5. The number of ether oxygens (including phenoxy) is 1. The second-order valence-corrected chi connectivity index (χ2v) is 5.12. The van der Waals surface area contributed by atoms with Crippen molar-refractivity contribution in [3.8, 4) is 5.75 Å². The molecule has 0 bridgehead atoms. The Hall–Kier alpha value is -0.540. The van der Waals surface area contributed by atoms with E-state index in [1.165, 1.54) is 5.56 Å². The van der Waals surface area contributed by atoms with E-state index < -0.39 is 0 Å². The molecule has 0 spiro atoms. The summed E-state index contributed by atoms with van der Waals surface area (Å²) in [7, 11) is 0. The molecule has 0 saturated carbocycles. The first-order chi connectivity index (χ1) is 8.17. The molecular formula is C14H22BrNO. The molecule has 0 amide bonds. The van der Waals surface area contributed by atoms with Gasteiger partial charge in [-0.25, -0.2) is 0 Å². The van der Waals surface area contributed by atoms with Gasteiger partial charge in [-0.2, -0.15) is 0 Å². The lowest BCUT2D eigenvalue weighted by atomic mass is 10.2. The fraction of sp³-hybridized carbons (Fsp3) is 0.571. The SMILES string of the molecule is CCCC(C)Oc1ccc(CNCC)cc1Br. The largest absolute Gasteiger partial charge is 0.490 e. The fourth-order valence-corrected chi connectivity index (χ4v) is 2.22. The summed E-state index contributed by atoms with van der Waals surface area (Å²) in [5.41, 5.74) is 1.27. The molecule has 1 rings (SSSR count). The van der Waals surface area contributed by atoms with Crippen LogP contribution in [0.1, 0.15) is 39.2 Å². The summed E-state index contributed by atoms with van der Waals surface area (Å²) < 4.78 is 6.92. The number of benzene rings is 1. The minimum Gasteiger partial charge on any atom is -0.490 e. The summed E-state index contributed by atoms with van der Waals surface area (Å²) in [6.45, 7) is 8.29. The van der Waals surface area contributed by atoms with Gasteiger partial charge in [0.05, 0.1) is 10.6 Å². The van der Waals surface area contributed by atoms with E-state index in [4.69, 9.17) is 4.74 Å². The standard InChI is InChI=1S/C14H22BrNO/c1-4-6-11(3)17-14-8-7-12(9-13(14)15)10-16-5-2/h7-9,11,16H,4-6,10H2,1-3H3. The van der Waals surface area contributed by atoms with Crippen LogP contribution in [0.4, 0.5) is 0 Å². The van der Waals surface area contributed by atoms with Crippen LogP contribution in [-0.2, 0) is 6.54 Å². The van der Waals surface area contributed by atoms with Crippen LogP contribution in [-0.4, -0.2) is 12.6 Å². The van der Waals surface area contributed by atoms with Crippen LogP contribution in [0.2, 0.25) is 0 Å². The highest BCUT2D eigenvalue weighted by atomic mass is 79.9. The summed E-state index contributed by atoms with van der Waals surface area (Å²) in [6.07, 6.45) is 2.51. The zero-order chi connectivity index (χ0) is 12.7. The number of hydrogen-bond donors (Lipinski definition) is 1. The monoisotopic (exact) mass is 299 g/mol. The topological polar surface area (TPSA) is 21.3 Å². The number of hydrogen-bond acceptors (Lipinski definition) is 2. The fourth-order valence-electron chi connectivity index (χ4n) is 1.70. The molecule has 1 atom stereocenters. The minimum absolute atomic E-state index is 0.274. The Labute approximate surface area is 113 Å². The van der Waals surface area contributed by atoms with E-state index in [9.17, 15) is 0 Å². The van der Waals surface area contributed by atoms with Crippen molar-refractivity contribution in [3.05, 3.63) is 28.2 Å². The lowest BCUT2D eigenvalue weighted by molar-refractivity contribution is 0.208. The van der Waals surface area contributed by atoms with Crippen molar-refractivity contribution < 1.29 is 4.74 Å². The van der Waals surface area contributed by atoms with E-state index in [1.54, 1.807) is 0 Å². The minimum atomic E-state index is 0.274. The van der Waals surface area contributed by atoms with Gasteiger partial charge in [0.1, 0.15) is 5.75 Å². The highest BCUT2D eigenvalue weighted by Gasteiger charge is 2.07. The van der Waals surface area contributed by atoms with Gasteiger partial charge in [-0.05, 0) is 53.5 Å². The Morgan fingerprint density at radius 2 is 2.12 bits per heavy atom. The molecule has 1 N–H and O–H groups in total. The van der Waals surface area contributed by atoms with Gasteiger partial charge in [0, 0.05) is 6.54 Å². The molecule has 0 saturated heterocycles. The van der Waals surface area contributed by atoms with E-state index in [1.807, 2.05) is 6.07 Å². The Balaban J connectivity index is 2.62. The van der Waals surface area contributed by atoms with Crippen LogP contribution < -0.4 is 10.1 Å². The molecule has 0 aromatic heterocycles. The summed E-state index contributed by atoms with van der Waals surface area (Å²) in [5.74, 6) is 0.936. The molecule has 3 heteroatoms. The van der Waals surface area contributed by atoms with Gasteiger partial charge in [-0.15, -0.1) is 0 Å². The Morgan fingerprint density at radius 1 is 1.35 bits per heavy atom. The van der Waals surface area contributed by atoms with Crippen molar-refractivity contribution in [1.82, 2.24) is 5.32 Å². The maximum atomic E-state index is 5.88. The normalized spacial score (nSPS) is 12.5. The average Bonchev–Trinajstić information content (AvgIpc) is 2.30. The van der Waals surface area contributed by atoms with E-state index in [2.05, 4.69) is 54.2 Å². The molecule has 1 aromatic rings. The molecule has 1 unspecified atom stereocenters. The van der Waals surface area contributed by atoms with Crippen molar-refractivity contribution in [2.24, 2.45) is 0 Å². The molecule has 0 fully saturated rings. The highest BCUT2D eigenvalue weighted by molar-refractivity contribution is 9.10. The molecular weight excluding hydrogens is 278 g/mol. The van der Waals surface area contributed by atoms with Gasteiger partial charge in [-0.3, -0.25) is 0 Å². The van der Waals surface area contributed by atoms with E-state index in [0.717, 1.165) is 36.2 Å². The second-order valence-electron chi connectivity index (χ2n) is 4.26. The molecule has 0 aliphatic rings. The lowest BCUT2D eigenvalue weighted by Gasteiger charge is -2.15. The zero-order valence-electron chi connectivity index (χ0n) is 10.9. The van der Waals surface area contributed by atoms with Gasteiger partial charge in [-0.1, -0.05) is 26.3 Å². The molecule has 1 aromatic carbocycles. The van der Waals surface area contributed by atoms with Crippen molar-refractivity contribution in [1.29, 1.82) is 0 Å². The van der Waals surface area contributed by atoms with Crippen LogP contribution in [0.3, 0.4) is 0 Å². The number of rotatable bonds is 7. The van der Waals surface area contributed by atoms with Gasteiger partial charge in [0.15, 0.2) is 0 Å². The Bertz CT molecular complexity index is 341. The van der Waals surface area contributed by atoms with Gasteiger partial charge < -0.3 is 10.1 Å². The second kappa shape index (κ2) is 7.72. The van der Waals surface area contributed by atoms with Crippen LogP contribution in [0.5, 0.6) is 5.75 Å². The van der Waals surface area contributed by atoms with E-state index in [-0.39, 0.29) is 6.10 Å². The van der Waals surface area contributed by atoms with E-state index >= 15 is 0 Å². The van der Waals surface area contributed by atoms with Crippen LogP contribution in [0, 0.1) is 0 Å². The number of nitrogens with one attached hydrogen (secondary N) is 1. The molecule has 2 nitrogen and oxygen atoms in total. The summed E-state index contributed by atoms with van der Waals surface area (Å²) >= 11 is 3.57. The molecule has 0 radical (unpaired) electrons. The predicted octanol–water partition coefficient (Wildman–Crippen LogP) is 4.13. The maximum absolute atomic E-state index is 5.88. The summed E-state index contributed by atoms with van der Waals surface area (Å²) in [6, 6.07) is 6.28. The van der Waals surface area contributed by atoms with E-state index in [0.29, 0.717) is 0 Å². The third-order valence-corrected chi connectivity index (χ3v) is 3.22.